The summed E-state index contributed by atoms with van der Waals surface area (Å²) < 4.78 is 7.01. The third-order valence-corrected chi connectivity index (χ3v) is 5.01. The summed E-state index contributed by atoms with van der Waals surface area (Å²) in [6, 6.07) is 15.5. The van der Waals surface area contributed by atoms with Gasteiger partial charge in [-0.05, 0) is 24.6 Å². The van der Waals surface area contributed by atoms with E-state index in [4.69, 9.17) is 4.52 Å². The first kappa shape index (κ1) is 18.9. The molecule has 29 heavy (non-hydrogen) atoms. The highest BCUT2D eigenvalue weighted by atomic mass is 32.2. The Bertz CT molecular complexity index is 1090. The zero-order chi connectivity index (χ0) is 20.1. The second kappa shape index (κ2) is 8.70. The van der Waals surface area contributed by atoms with Gasteiger partial charge in [-0.25, -0.2) is 0 Å². The maximum atomic E-state index is 12.3. The minimum Gasteiger partial charge on any atom is -0.338 e. The van der Waals surface area contributed by atoms with Gasteiger partial charge in [0.05, 0.1) is 18.0 Å². The lowest BCUT2D eigenvalue weighted by Crippen LogP contribution is -2.14. The highest BCUT2D eigenvalue weighted by molar-refractivity contribution is 7.99. The zero-order valence-electron chi connectivity index (χ0n) is 15.6. The van der Waals surface area contributed by atoms with Crippen LogP contribution in [-0.4, -0.2) is 36.6 Å². The van der Waals surface area contributed by atoms with Crippen LogP contribution in [0.1, 0.15) is 11.3 Å². The SMILES string of the molecule is Cc1cc(NC(=O)CSc2nnc(-c3cccnc3)n2Cc2ccccc2)on1. The molecule has 0 bridgehead atoms. The van der Waals surface area contributed by atoms with Crippen molar-refractivity contribution >= 4 is 23.6 Å². The third kappa shape index (κ3) is 4.69. The molecular weight excluding hydrogens is 388 g/mol. The monoisotopic (exact) mass is 406 g/mol. The summed E-state index contributed by atoms with van der Waals surface area (Å²) in [5.41, 5.74) is 2.68. The molecule has 1 aromatic carbocycles. The molecule has 4 rings (SSSR count). The number of aryl methyl sites for hydroxylation is 1. The van der Waals surface area contributed by atoms with Crippen molar-refractivity contribution in [3.63, 3.8) is 0 Å². The van der Waals surface area contributed by atoms with Crippen molar-refractivity contribution in [3.8, 4) is 11.4 Å². The fraction of sp³-hybridized carbons (Fsp3) is 0.150. The average Bonchev–Trinajstić information content (AvgIpc) is 3.33. The van der Waals surface area contributed by atoms with Crippen LogP contribution in [-0.2, 0) is 11.3 Å². The van der Waals surface area contributed by atoms with Crippen molar-refractivity contribution in [1.82, 2.24) is 24.9 Å². The van der Waals surface area contributed by atoms with Crippen LogP contribution in [0.2, 0.25) is 0 Å². The van der Waals surface area contributed by atoms with E-state index in [0.29, 0.717) is 29.1 Å². The van der Waals surface area contributed by atoms with E-state index in [-0.39, 0.29) is 11.7 Å². The van der Waals surface area contributed by atoms with Crippen molar-refractivity contribution in [3.05, 3.63) is 72.2 Å². The number of thioether (sulfide) groups is 1. The maximum absolute atomic E-state index is 12.3. The van der Waals surface area contributed by atoms with Gasteiger partial charge in [-0.2, -0.15) is 0 Å². The minimum atomic E-state index is -0.205. The molecule has 0 aliphatic carbocycles. The number of hydrogen-bond acceptors (Lipinski definition) is 7. The van der Waals surface area contributed by atoms with E-state index >= 15 is 0 Å². The van der Waals surface area contributed by atoms with Crippen molar-refractivity contribution < 1.29 is 9.32 Å². The predicted molar refractivity (Wildman–Crippen MR) is 109 cm³/mol. The van der Waals surface area contributed by atoms with Crippen molar-refractivity contribution in [2.24, 2.45) is 0 Å². The van der Waals surface area contributed by atoms with Crippen LogP contribution >= 0.6 is 11.8 Å². The number of aromatic nitrogens is 5. The van der Waals surface area contributed by atoms with Gasteiger partial charge < -0.3 is 4.52 Å². The Morgan fingerprint density at radius 3 is 2.76 bits per heavy atom. The average molecular weight is 406 g/mol. The largest absolute Gasteiger partial charge is 0.338 e. The number of anilines is 1. The summed E-state index contributed by atoms with van der Waals surface area (Å²) in [4.78, 5) is 16.4. The van der Waals surface area contributed by atoms with Crippen LogP contribution in [0.5, 0.6) is 0 Å². The van der Waals surface area contributed by atoms with Crippen molar-refractivity contribution in [1.29, 1.82) is 0 Å². The molecule has 9 heteroatoms. The van der Waals surface area contributed by atoms with E-state index in [1.807, 2.05) is 47.0 Å². The Morgan fingerprint density at radius 2 is 2.03 bits per heavy atom. The number of pyridine rings is 1. The topological polar surface area (TPSA) is 98.7 Å². The van der Waals surface area contributed by atoms with Crippen LogP contribution in [0.15, 0.2) is 70.6 Å². The lowest BCUT2D eigenvalue weighted by molar-refractivity contribution is -0.113. The molecule has 3 heterocycles. The van der Waals surface area contributed by atoms with Crippen molar-refractivity contribution in [2.75, 3.05) is 11.1 Å². The Kier molecular flexibility index (Phi) is 5.66. The fourth-order valence-corrected chi connectivity index (χ4v) is 3.48. The molecule has 0 saturated carbocycles. The molecule has 0 aliphatic heterocycles. The highest BCUT2D eigenvalue weighted by Gasteiger charge is 2.17. The number of rotatable bonds is 7. The van der Waals surface area contributed by atoms with Crippen LogP contribution in [0.3, 0.4) is 0 Å². The molecule has 3 aromatic heterocycles. The number of benzene rings is 1. The fourth-order valence-electron chi connectivity index (χ4n) is 2.74. The normalized spacial score (nSPS) is 10.8. The lowest BCUT2D eigenvalue weighted by Gasteiger charge is -2.10. The number of nitrogens with one attached hydrogen (secondary N) is 1. The first-order chi connectivity index (χ1) is 14.2. The molecule has 0 saturated heterocycles. The van der Waals surface area contributed by atoms with Gasteiger partial charge >= 0.3 is 0 Å². The summed E-state index contributed by atoms with van der Waals surface area (Å²) in [7, 11) is 0. The Hall–Kier alpha value is -3.46. The second-order valence-corrected chi connectivity index (χ2v) is 7.23. The molecule has 0 spiro atoms. The highest BCUT2D eigenvalue weighted by Crippen LogP contribution is 2.25. The van der Waals surface area contributed by atoms with Crippen LogP contribution in [0, 0.1) is 6.92 Å². The molecule has 0 atom stereocenters. The first-order valence-electron chi connectivity index (χ1n) is 8.92. The van der Waals surface area contributed by atoms with E-state index in [1.165, 1.54) is 11.8 Å². The Labute approximate surface area is 171 Å². The summed E-state index contributed by atoms with van der Waals surface area (Å²) in [6.07, 6.45) is 3.46. The predicted octanol–water partition coefficient (Wildman–Crippen LogP) is 3.42. The van der Waals surface area contributed by atoms with Crippen LogP contribution in [0.4, 0.5) is 5.88 Å². The number of amides is 1. The third-order valence-electron chi connectivity index (χ3n) is 4.04. The molecule has 0 radical (unpaired) electrons. The van der Waals surface area contributed by atoms with E-state index in [9.17, 15) is 4.79 Å². The lowest BCUT2D eigenvalue weighted by atomic mass is 10.2. The summed E-state index contributed by atoms with van der Waals surface area (Å²) in [5.74, 6) is 0.994. The maximum Gasteiger partial charge on any atom is 0.237 e. The molecule has 1 amide bonds. The summed E-state index contributed by atoms with van der Waals surface area (Å²) >= 11 is 1.31. The molecule has 146 valence electrons. The molecule has 0 aliphatic rings. The van der Waals surface area contributed by atoms with Gasteiger partial charge in [0.1, 0.15) is 0 Å². The smallest absolute Gasteiger partial charge is 0.237 e. The number of carbonyl (C=O) groups is 1. The Morgan fingerprint density at radius 1 is 1.17 bits per heavy atom. The molecule has 0 fully saturated rings. The second-order valence-electron chi connectivity index (χ2n) is 6.29. The van der Waals surface area contributed by atoms with E-state index in [1.54, 1.807) is 25.4 Å². The van der Waals surface area contributed by atoms with Gasteiger partial charge in [0, 0.05) is 24.0 Å². The van der Waals surface area contributed by atoms with Crippen molar-refractivity contribution in [2.45, 2.75) is 18.6 Å². The van der Waals surface area contributed by atoms with Crippen LogP contribution < -0.4 is 5.32 Å². The molecule has 0 unspecified atom stereocenters. The minimum absolute atomic E-state index is 0.166. The number of hydrogen-bond donors (Lipinski definition) is 1. The van der Waals surface area contributed by atoms with Gasteiger partial charge in [-0.1, -0.05) is 47.3 Å². The summed E-state index contributed by atoms with van der Waals surface area (Å²) in [5, 5.41) is 15.7. The summed E-state index contributed by atoms with van der Waals surface area (Å²) in [6.45, 7) is 2.38. The van der Waals surface area contributed by atoms with Gasteiger partial charge in [0.15, 0.2) is 11.0 Å². The van der Waals surface area contributed by atoms with E-state index in [2.05, 4.69) is 25.7 Å². The zero-order valence-corrected chi connectivity index (χ0v) is 16.5. The van der Waals surface area contributed by atoms with Crippen LogP contribution in [0.25, 0.3) is 11.4 Å². The van der Waals surface area contributed by atoms with E-state index < -0.39 is 0 Å². The van der Waals surface area contributed by atoms with Gasteiger partial charge in [-0.15, -0.1) is 10.2 Å². The van der Waals surface area contributed by atoms with Gasteiger partial charge in [-0.3, -0.25) is 19.7 Å². The molecule has 4 aromatic rings. The number of carbonyl (C=O) groups excluding carboxylic acids is 1. The van der Waals surface area contributed by atoms with Gasteiger partial charge in [0.25, 0.3) is 0 Å². The molecule has 1 N–H and O–H groups in total. The molecule has 8 nitrogen and oxygen atoms in total. The number of nitrogens with zero attached hydrogens (tertiary/aromatic N) is 5. The Balaban J connectivity index is 1.54. The van der Waals surface area contributed by atoms with E-state index in [0.717, 1.165) is 11.1 Å². The standard InChI is InChI=1S/C20H18N6O2S/c1-14-10-18(28-25-14)22-17(27)13-29-20-24-23-19(16-8-5-9-21-11-16)26(20)12-15-6-3-2-4-7-15/h2-11H,12-13H2,1H3,(H,22,27). The quantitative estimate of drug-likeness (QED) is 0.470. The van der Waals surface area contributed by atoms with Gasteiger partial charge in [0.2, 0.25) is 11.8 Å². The molecular formula is C20H18N6O2S. The first-order valence-corrected chi connectivity index (χ1v) is 9.91.